The lowest BCUT2D eigenvalue weighted by molar-refractivity contribution is -0.126. The Labute approximate surface area is 88.5 Å². The Kier molecular flexibility index (Phi) is 4.05. The maximum Gasteiger partial charge on any atom is 0.242 e. The minimum absolute atomic E-state index is 0.115. The van der Waals surface area contributed by atoms with Gasteiger partial charge in [-0.3, -0.25) is 9.59 Å². The van der Waals surface area contributed by atoms with Crippen molar-refractivity contribution < 1.29 is 14.3 Å². The summed E-state index contributed by atoms with van der Waals surface area (Å²) >= 11 is 0. The van der Waals surface area contributed by atoms with Crippen molar-refractivity contribution in [2.45, 2.75) is 18.9 Å². The lowest BCUT2D eigenvalue weighted by Gasteiger charge is -2.20. The molecule has 0 saturated carbocycles. The van der Waals surface area contributed by atoms with Crippen molar-refractivity contribution in [3.63, 3.8) is 0 Å². The van der Waals surface area contributed by atoms with Gasteiger partial charge in [0.05, 0.1) is 6.61 Å². The van der Waals surface area contributed by atoms with Crippen LogP contribution in [0.5, 0.6) is 0 Å². The number of nitrogens with two attached hydrogens (primary N) is 1. The summed E-state index contributed by atoms with van der Waals surface area (Å²) < 4.78 is 5.07. The summed E-state index contributed by atoms with van der Waals surface area (Å²) in [6.07, 6.45) is 0.541. The van der Waals surface area contributed by atoms with Crippen molar-refractivity contribution in [3.8, 4) is 0 Å². The molecule has 0 spiro atoms. The zero-order valence-electron chi connectivity index (χ0n) is 8.84. The molecule has 1 saturated heterocycles. The Morgan fingerprint density at radius 3 is 2.60 bits per heavy atom. The number of nitrogens with one attached hydrogen (secondary N) is 2. The smallest absolute Gasteiger partial charge is 0.242 e. The monoisotopic (exact) mass is 215 g/mol. The normalized spacial score (nSPS) is 24.9. The number of ether oxygens (including phenoxy) is 1. The summed E-state index contributed by atoms with van der Waals surface area (Å²) in [5, 5.41) is 5.24. The standard InChI is InChI=1S/C9H17N3O3/c1-7(13)11-3-4-12-8(14)9(10)2-5-15-6-9/h2-6,10H2,1H3,(H,11,13)(H,12,14). The summed E-state index contributed by atoms with van der Waals surface area (Å²) in [5.41, 5.74) is 4.93. The van der Waals surface area contributed by atoms with Crippen LogP contribution in [-0.2, 0) is 14.3 Å². The predicted octanol–water partition coefficient (Wildman–Crippen LogP) is -1.64. The van der Waals surface area contributed by atoms with Gasteiger partial charge in [0.15, 0.2) is 0 Å². The van der Waals surface area contributed by atoms with Gasteiger partial charge in [-0.2, -0.15) is 0 Å². The first kappa shape index (κ1) is 11.9. The van der Waals surface area contributed by atoms with Gasteiger partial charge >= 0.3 is 0 Å². The van der Waals surface area contributed by atoms with Crippen molar-refractivity contribution in [1.82, 2.24) is 10.6 Å². The Morgan fingerprint density at radius 2 is 2.07 bits per heavy atom. The zero-order valence-corrected chi connectivity index (χ0v) is 8.84. The van der Waals surface area contributed by atoms with Gasteiger partial charge in [0, 0.05) is 26.6 Å². The van der Waals surface area contributed by atoms with Crippen LogP contribution in [0, 0.1) is 0 Å². The molecule has 0 aliphatic carbocycles. The van der Waals surface area contributed by atoms with E-state index in [0.717, 1.165) is 0 Å². The minimum Gasteiger partial charge on any atom is -0.379 e. The fraction of sp³-hybridized carbons (Fsp3) is 0.778. The molecule has 1 heterocycles. The summed E-state index contributed by atoms with van der Waals surface area (Å²) in [6.45, 7) is 3.01. The highest BCUT2D eigenvalue weighted by Crippen LogP contribution is 2.14. The van der Waals surface area contributed by atoms with E-state index in [-0.39, 0.29) is 18.4 Å². The Morgan fingerprint density at radius 1 is 1.40 bits per heavy atom. The van der Waals surface area contributed by atoms with Crippen molar-refractivity contribution in [2.24, 2.45) is 5.73 Å². The van der Waals surface area contributed by atoms with Gasteiger partial charge in [-0.25, -0.2) is 0 Å². The van der Waals surface area contributed by atoms with Crippen LogP contribution in [-0.4, -0.2) is 43.7 Å². The molecule has 1 aliphatic rings. The molecule has 1 unspecified atom stereocenters. The van der Waals surface area contributed by atoms with Crippen molar-refractivity contribution in [3.05, 3.63) is 0 Å². The van der Waals surface area contributed by atoms with Gasteiger partial charge in [-0.1, -0.05) is 0 Å². The van der Waals surface area contributed by atoms with Crippen molar-refractivity contribution >= 4 is 11.8 Å². The Hall–Kier alpha value is -1.14. The molecule has 0 aromatic heterocycles. The third-order valence-corrected chi connectivity index (χ3v) is 2.29. The summed E-state index contributed by atoms with van der Waals surface area (Å²) in [7, 11) is 0. The molecule has 0 radical (unpaired) electrons. The fourth-order valence-corrected chi connectivity index (χ4v) is 1.35. The highest BCUT2D eigenvalue weighted by molar-refractivity contribution is 5.86. The Bertz CT molecular complexity index is 249. The molecule has 86 valence electrons. The molecular formula is C9H17N3O3. The van der Waals surface area contributed by atoms with Gasteiger partial charge < -0.3 is 21.1 Å². The average molecular weight is 215 g/mol. The number of hydrogen-bond donors (Lipinski definition) is 3. The minimum atomic E-state index is -0.893. The largest absolute Gasteiger partial charge is 0.379 e. The molecule has 1 atom stereocenters. The summed E-state index contributed by atoms with van der Waals surface area (Å²) in [5.74, 6) is -0.332. The number of hydrogen-bond acceptors (Lipinski definition) is 4. The number of carbonyl (C=O) groups is 2. The van der Waals surface area contributed by atoms with Gasteiger partial charge in [0.1, 0.15) is 5.54 Å². The first-order valence-corrected chi connectivity index (χ1v) is 4.94. The van der Waals surface area contributed by atoms with Crippen LogP contribution in [0.15, 0.2) is 0 Å². The van der Waals surface area contributed by atoms with Gasteiger partial charge in [0.2, 0.25) is 11.8 Å². The molecule has 0 bridgehead atoms. The van der Waals surface area contributed by atoms with Crippen LogP contribution in [0.1, 0.15) is 13.3 Å². The van der Waals surface area contributed by atoms with Crippen LogP contribution < -0.4 is 16.4 Å². The van der Waals surface area contributed by atoms with E-state index in [1.165, 1.54) is 6.92 Å². The third kappa shape index (κ3) is 3.49. The van der Waals surface area contributed by atoms with E-state index in [0.29, 0.717) is 26.1 Å². The molecule has 0 aromatic carbocycles. The molecule has 1 fully saturated rings. The average Bonchev–Trinajstić information content (AvgIpc) is 2.60. The predicted molar refractivity (Wildman–Crippen MR) is 54.0 cm³/mol. The molecular weight excluding hydrogens is 198 g/mol. The second kappa shape index (κ2) is 5.09. The highest BCUT2D eigenvalue weighted by Gasteiger charge is 2.37. The SMILES string of the molecule is CC(=O)NCCNC(=O)C1(N)CCOC1. The molecule has 1 rings (SSSR count). The van der Waals surface area contributed by atoms with Crippen LogP contribution in [0.4, 0.5) is 0 Å². The van der Waals surface area contributed by atoms with Crippen LogP contribution in [0.25, 0.3) is 0 Å². The maximum absolute atomic E-state index is 11.6. The molecule has 15 heavy (non-hydrogen) atoms. The van der Waals surface area contributed by atoms with Gasteiger partial charge in [-0.05, 0) is 6.42 Å². The van der Waals surface area contributed by atoms with E-state index in [2.05, 4.69) is 10.6 Å². The van der Waals surface area contributed by atoms with E-state index in [9.17, 15) is 9.59 Å². The Balaban J connectivity index is 2.21. The zero-order chi connectivity index (χ0) is 11.3. The topological polar surface area (TPSA) is 93.5 Å². The molecule has 4 N–H and O–H groups in total. The van der Waals surface area contributed by atoms with Gasteiger partial charge in [0.25, 0.3) is 0 Å². The number of rotatable bonds is 4. The molecule has 6 nitrogen and oxygen atoms in total. The first-order chi connectivity index (χ1) is 7.04. The van der Waals surface area contributed by atoms with Crippen LogP contribution >= 0.6 is 0 Å². The fourth-order valence-electron chi connectivity index (χ4n) is 1.35. The second-order valence-electron chi connectivity index (χ2n) is 3.70. The number of carbonyl (C=O) groups excluding carboxylic acids is 2. The van der Waals surface area contributed by atoms with E-state index >= 15 is 0 Å². The van der Waals surface area contributed by atoms with Crippen LogP contribution in [0.2, 0.25) is 0 Å². The second-order valence-corrected chi connectivity index (χ2v) is 3.70. The molecule has 6 heteroatoms. The summed E-state index contributed by atoms with van der Waals surface area (Å²) in [4.78, 5) is 22.1. The highest BCUT2D eigenvalue weighted by atomic mass is 16.5. The number of amides is 2. The van der Waals surface area contributed by atoms with Gasteiger partial charge in [-0.15, -0.1) is 0 Å². The lowest BCUT2D eigenvalue weighted by atomic mass is 9.99. The quantitative estimate of drug-likeness (QED) is 0.490. The first-order valence-electron chi connectivity index (χ1n) is 4.94. The lowest BCUT2D eigenvalue weighted by Crippen LogP contribution is -2.55. The molecule has 1 aliphatic heterocycles. The molecule has 2 amide bonds. The van der Waals surface area contributed by atoms with E-state index < -0.39 is 5.54 Å². The maximum atomic E-state index is 11.6. The van der Waals surface area contributed by atoms with E-state index in [1.54, 1.807) is 0 Å². The van der Waals surface area contributed by atoms with Crippen molar-refractivity contribution in [1.29, 1.82) is 0 Å². The van der Waals surface area contributed by atoms with E-state index in [1.807, 2.05) is 0 Å². The third-order valence-electron chi connectivity index (χ3n) is 2.29. The van der Waals surface area contributed by atoms with Crippen LogP contribution in [0.3, 0.4) is 0 Å². The summed E-state index contributed by atoms with van der Waals surface area (Å²) in [6, 6.07) is 0. The van der Waals surface area contributed by atoms with Crippen molar-refractivity contribution in [2.75, 3.05) is 26.3 Å². The van der Waals surface area contributed by atoms with E-state index in [4.69, 9.17) is 10.5 Å². The molecule has 0 aromatic rings.